The number of carboxylic acid groups (broad SMARTS) is 1. The van der Waals surface area contributed by atoms with Gasteiger partial charge in [-0.3, -0.25) is 20.2 Å². The van der Waals surface area contributed by atoms with E-state index in [1.54, 1.807) is 0 Å². The maximum Gasteiger partial charge on any atom is 0.344 e. The molecule has 12 heteroatoms. The first-order chi connectivity index (χ1) is 12.7. The van der Waals surface area contributed by atoms with E-state index < -0.39 is 38.7 Å². The first-order valence-corrected chi connectivity index (χ1v) is 9.12. The topological polar surface area (TPSA) is 150 Å². The Morgan fingerprint density at radius 1 is 0.926 bits per heavy atom. The van der Waals surface area contributed by atoms with Gasteiger partial charge >= 0.3 is 11.9 Å². The van der Waals surface area contributed by atoms with Crippen molar-refractivity contribution in [3.63, 3.8) is 0 Å². The zero-order valence-corrected chi connectivity index (χ0v) is 15.1. The van der Waals surface area contributed by atoms with Crippen molar-refractivity contribution < 1.29 is 29.3 Å². The lowest BCUT2D eigenvalue weighted by Crippen LogP contribution is -2.05. The van der Waals surface area contributed by atoms with Gasteiger partial charge in [-0.05, 0) is 24.3 Å². The van der Waals surface area contributed by atoms with E-state index in [0.717, 1.165) is 46.9 Å². The summed E-state index contributed by atoms with van der Waals surface area (Å²) in [5.41, 5.74) is -1.60. The summed E-state index contributed by atoms with van der Waals surface area (Å²) in [6.07, 6.45) is 0. The van der Waals surface area contributed by atoms with Crippen LogP contribution in [0.25, 0.3) is 0 Å². The Balaban J connectivity index is 2.27. The van der Waals surface area contributed by atoms with Crippen LogP contribution in [0.2, 0.25) is 0 Å². The molecule has 0 heterocycles. The number of benzene rings is 2. The number of hydrogen-bond acceptors (Lipinski definition) is 9. The summed E-state index contributed by atoms with van der Waals surface area (Å²) in [6, 6.07) is 7.49. The van der Waals surface area contributed by atoms with Crippen LogP contribution < -0.4 is 0 Å². The lowest BCUT2D eigenvalue weighted by molar-refractivity contribution is -0.385. The van der Waals surface area contributed by atoms with Gasteiger partial charge in [0.2, 0.25) is 0 Å². The first-order valence-electron chi connectivity index (χ1n) is 6.97. The molecule has 0 amide bonds. The number of carboxylic acids is 1. The molecule has 10 nitrogen and oxygen atoms in total. The second-order valence-electron chi connectivity index (χ2n) is 4.84. The van der Waals surface area contributed by atoms with E-state index in [1.807, 2.05) is 0 Å². The van der Waals surface area contributed by atoms with Crippen LogP contribution in [0.3, 0.4) is 0 Å². The van der Waals surface area contributed by atoms with E-state index >= 15 is 0 Å². The molecular weight excluding hydrogens is 400 g/mol. The molecule has 1 N–H and O–H groups in total. The third kappa shape index (κ3) is 4.74. The largest absolute Gasteiger partial charge is 0.477 e. The van der Waals surface area contributed by atoms with Gasteiger partial charge in [-0.2, -0.15) is 0 Å². The third-order valence-electron chi connectivity index (χ3n) is 3.20. The van der Waals surface area contributed by atoms with Crippen LogP contribution in [0.1, 0.15) is 20.7 Å². The highest BCUT2D eigenvalue weighted by Gasteiger charge is 2.22. The van der Waals surface area contributed by atoms with Crippen molar-refractivity contribution in [1.82, 2.24) is 0 Å². The number of esters is 1. The van der Waals surface area contributed by atoms with Crippen LogP contribution in [-0.2, 0) is 4.74 Å². The van der Waals surface area contributed by atoms with Gasteiger partial charge in [0.15, 0.2) is 0 Å². The van der Waals surface area contributed by atoms with Gasteiger partial charge < -0.3 is 9.84 Å². The van der Waals surface area contributed by atoms with Crippen LogP contribution >= 0.6 is 21.6 Å². The average molecular weight is 410 g/mol. The highest BCUT2D eigenvalue weighted by Crippen LogP contribution is 2.40. The number of carbonyl (C=O) groups excluding carboxylic acids is 1. The second kappa shape index (κ2) is 8.51. The maximum absolute atomic E-state index is 11.7. The minimum Gasteiger partial charge on any atom is -0.477 e. The van der Waals surface area contributed by atoms with Crippen molar-refractivity contribution in [1.29, 1.82) is 0 Å². The third-order valence-corrected chi connectivity index (χ3v) is 5.58. The molecule has 2 aromatic carbocycles. The number of nitrogens with zero attached hydrogens (tertiary/aromatic N) is 2. The molecule has 0 aliphatic rings. The lowest BCUT2D eigenvalue weighted by atomic mass is 10.2. The van der Waals surface area contributed by atoms with E-state index in [0.29, 0.717) is 9.79 Å². The molecule has 27 heavy (non-hydrogen) atoms. The molecule has 0 radical (unpaired) electrons. The lowest BCUT2D eigenvalue weighted by Gasteiger charge is -2.06. The van der Waals surface area contributed by atoms with E-state index in [2.05, 4.69) is 4.74 Å². The molecule has 0 atom stereocenters. The smallest absolute Gasteiger partial charge is 0.344 e. The number of carbonyl (C=O) groups is 2. The Morgan fingerprint density at radius 3 is 1.78 bits per heavy atom. The number of ether oxygens (including phenoxy) is 1. The molecule has 0 fully saturated rings. The number of rotatable bonds is 7. The minimum atomic E-state index is -1.43. The van der Waals surface area contributed by atoms with Crippen molar-refractivity contribution in [2.75, 3.05) is 7.11 Å². The standard InChI is InChI=1S/C15H10N2O8S2/c1-25-15(20)11-7-9(3-5-13(11)17(23)24)27-26-8-2-4-12(16(21)22)10(6-8)14(18)19/h2-7H,1H3,(H,18,19). The zero-order chi connectivity index (χ0) is 20.1. The Labute approximate surface area is 159 Å². The molecule has 0 aromatic heterocycles. The fourth-order valence-corrected chi connectivity index (χ4v) is 3.96. The summed E-state index contributed by atoms with van der Waals surface area (Å²) in [7, 11) is 3.27. The molecule has 140 valence electrons. The fraction of sp³-hybridized carbons (Fsp3) is 0.0667. The minimum absolute atomic E-state index is 0.219. The van der Waals surface area contributed by atoms with E-state index in [4.69, 9.17) is 5.11 Å². The number of methoxy groups -OCH3 is 1. The Kier molecular flexibility index (Phi) is 6.36. The number of nitro benzene ring substituents is 2. The molecule has 0 saturated carbocycles. The average Bonchev–Trinajstić information content (AvgIpc) is 2.64. The zero-order valence-electron chi connectivity index (χ0n) is 13.5. The van der Waals surface area contributed by atoms with Gasteiger partial charge in [0.05, 0.1) is 17.0 Å². The number of hydrogen-bond donors (Lipinski definition) is 1. The summed E-state index contributed by atoms with van der Waals surface area (Å²) < 4.78 is 4.53. The quantitative estimate of drug-likeness (QED) is 0.309. The summed E-state index contributed by atoms with van der Waals surface area (Å²) in [4.78, 5) is 44.1. The van der Waals surface area contributed by atoms with Crippen LogP contribution in [-0.4, -0.2) is 34.0 Å². The predicted molar refractivity (Wildman–Crippen MR) is 96.2 cm³/mol. The van der Waals surface area contributed by atoms with Gasteiger partial charge in [0.25, 0.3) is 11.4 Å². The second-order valence-corrected chi connectivity index (χ2v) is 7.11. The van der Waals surface area contributed by atoms with Gasteiger partial charge in [-0.15, -0.1) is 0 Å². The molecule has 2 rings (SSSR count). The van der Waals surface area contributed by atoms with E-state index in [9.17, 15) is 29.8 Å². The van der Waals surface area contributed by atoms with Gasteiger partial charge in [-0.25, -0.2) is 9.59 Å². The SMILES string of the molecule is COC(=O)c1cc(SSc2ccc([N+](=O)[O-])c(C(=O)O)c2)ccc1[N+](=O)[O-]. The van der Waals surface area contributed by atoms with Crippen LogP contribution in [0, 0.1) is 20.2 Å². The van der Waals surface area contributed by atoms with Crippen molar-refractivity contribution in [3.8, 4) is 0 Å². The van der Waals surface area contributed by atoms with Crippen LogP contribution in [0.4, 0.5) is 11.4 Å². The first kappa shape index (κ1) is 20.2. The summed E-state index contributed by atoms with van der Waals surface area (Å²) in [5, 5.41) is 31.0. The molecule has 0 unspecified atom stereocenters. The fourth-order valence-electron chi connectivity index (χ4n) is 1.99. The Hall–Kier alpha value is -3.12. The Morgan fingerprint density at radius 2 is 1.37 bits per heavy atom. The predicted octanol–water partition coefficient (Wildman–Crippen LogP) is 3.79. The monoisotopic (exact) mass is 410 g/mol. The molecule has 0 aliphatic carbocycles. The van der Waals surface area contributed by atoms with E-state index in [1.165, 1.54) is 18.2 Å². The van der Waals surface area contributed by atoms with Crippen molar-refractivity contribution in [2.45, 2.75) is 9.79 Å². The normalized spacial score (nSPS) is 10.3. The molecule has 0 bridgehead atoms. The van der Waals surface area contributed by atoms with E-state index in [-0.39, 0.29) is 5.56 Å². The molecular formula is C15H10N2O8S2. The van der Waals surface area contributed by atoms with Gasteiger partial charge in [0.1, 0.15) is 11.1 Å². The Bertz CT molecular complexity index is 947. The van der Waals surface area contributed by atoms with Crippen LogP contribution in [0.15, 0.2) is 46.2 Å². The molecule has 0 saturated heterocycles. The van der Waals surface area contributed by atoms with Crippen molar-refractivity contribution in [3.05, 3.63) is 67.8 Å². The van der Waals surface area contributed by atoms with Crippen molar-refractivity contribution >= 4 is 44.9 Å². The maximum atomic E-state index is 11.7. The summed E-state index contributed by atoms with van der Waals surface area (Å²) in [6.45, 7) is 0. The van der Waals surface area contributed by atoms with Gasteiger partial charge in [0, 0.05) is 21.9 Å². The van der Waals surface area contributed by atoms with Crippen LogP contribution in [0.5, 0.6) is 0 Å². The number of aromatic carboxylic acids is 1. The van der Waals surface area contributed by atoms with Crippen molar-refractivity contribution in [2.24, 2.45) is 0 Å². The highest BCUT2D eigenvalue weighted by molar-refractivity contribution is 8.76. The molecule has 0 aliphatic heterocycles. The highest BCUT2D eigenvalue weighted by atomic mass is 33.1. The van der Waals surface area contributed by atoms with Gasteiger partial charge in [-0.1, -0.05) is 21.6 Å². The number of nitro groups is 2. The molecule has 0 spiro atoms. The summed E-state index contributed by atoms with van der Waals surface area (Å²) in [5.74, 6) is -2.30. The molecule has 2 aromatic rings. The summed E-state index contributed by atoms with van der Waals surface area (Å²) >= 11 is 0.